The van der Waals surface area contributed by atoms with Crippen molar-refractivity contribution in [2.75, 3.05) is 10.6 Å². The van der Waals surface area contributed by atoms with Gasteiger partial charge in [0.1, 0.15) is 0 Å². The molecule has 2 amide bonds. The second-order valence-corrected chi connectivity index (χ2v) is 6.22. The Hall–Kier alpha value is -3.94. The van der Waals surface area contributed by atoms with Gasteiger partial charge >= 0.3 is 6.18 Å². The molecule has 0 aliphatic rings. The highest BCUT2D eigenvalue weighted by Crippen LogP contribution is 2.29. The number of halogens is 3. The zero-order valence-electron chi connectivity index (χ0n) is 15.5. The summed E-state index contributed by atoms with van der Waals surface area (Å²) < 4.78 is 38.3. The molecular weight excluding hydrogens is 395 g/mol. The Balaban J connectivity index is 1.65. The summed E-state index contributed by atoms with van der Waals surface area (Å²) in [5.74, 6) is -0.907. The van der Waals surface area contributed by atoms with E-state index < -0.39 is 17.6 Å². The molecule has 30 heavy (non-hydrogen) atoms. The molecule has 0 aliphatic carbocycles. The van der Waals surface area contributed by atoms with E-state index in [1.807, 2.05) is 0 Å². The number of aromatic nitrogens is 1. The van der Waals surface area contributed by atoms with Crippen LogP contribution in [0.2, 0.25) is 0 Å². The van der Waals surface area contributed by atoms with Gasteiger partial charge in [0.05, 0.1) is 5.56 Å². The number of anilines is 2. The van der Waals surface area contributed by atoms with Crippen molar-refractivity contribution in [2.45, 2.75) is 6.18 Å². The highest BCUT2D eigenvalue weighted by atomic mass is 19.4. The lowest BCUT2D eigenvalue weighted by atomic mass is 10.1. The Morgan fingerprint density at radius 1 is 0.867 bits per heavy atom. The highest BCUT2D eigenvalue weighted by molar-refractivity contribution is 6.06. The number of rotatable bonds is 5. The normalized spacial score (nSPS) is 11.3. The van der Waals surface area contributed by atoms with E-state index in [0.717, 1.165) is 18.2 Å². The summed E-state index contributed by atoms with van der Waals surface area (Å²) >= 11 is 0. The van der Waals surface area contributed by atoms with Gasteiger partial charge in [-0.25, -0.2) is 0 Å². The number of alkyl halides is 3. The smallest absolute Gasteiger partial charge is 0.322 e. The molecule has 0 fully saturated rings. The molecule has 8 heteroatoms. The fraction of sp³-hybridized carbons (Fsp3) is 0.0455. The van der Waals surface area contributed by atoms with Crippen LogP contribution >= 0.6 is 0 Å². The summed E-state index contributed by atoms with van der Waals surface area (Å²) in [6.45, 7) is 0. The molecule has 3 aromatic rings. The molecule has 152 valence electrons. The monoisotopic (exact) mass is 411 g/mol. The van der Waals surface area contributed by atoms with Crippen molar-refractivity contribution in [3.63, 3.8) is 0 Å². The summed E-state index contributed by atoms with van der Waals surface area (Å²) in [7, 11) is 0. The number of amides is 2. The summed E-state index contributed by atoms with van der Waals surface area (Å²) in [6.07, 6.45) is 1.04. The maximum absolute atomic E-state index is 12.8. The topological polar surface area (TPSA) is 71.1 Å². The Kier molecular flexibility index (Phi) is 6.26. The molecule has 3 rings (SSSR count). The number of benzene rings is 2. The zero-order valence-corrected chi connectivity index (χ0v) is 15.5. The SMILES string of the molecule is O=C(/C=C/c1cccc(C(F)(F)F)c1)Nc1cccc(C(=O)Nc2ccncc2)c1. The van der Waals surface area contributed by atoms with Gasteiger partial charge in [0.2, 0.25) is 5.91 Å². The zero-order chi connectivity index (χ0) is 21.6. The third-order valence-corrected chi connectivity index (χ3v) is 3.97. The van der Waals surface area contributed by atoms with Gasteiger partial charge in [0.15, 0.2) is 0 Å². The van der Waals surface area contributed by atoms with Crippen LogP contribution in [0.5, 0.6) is 0 Å². The van der Waals surface area contributed by atoms with E-state index in [1.54, 1.807) is 42.7 Å². The molecule has 5 nitrogen and oxygen atoms in total. The van der Waals surface area contributed by atoms with Crippen molar-refractivity contribution in [3.05, 3.63) is 95.8 Å². The molecule has 0 unspecified atom stereocenters. The first-order chi connectivity index (χ1) is 14.3. The molecule has 0 aliphatic heterocycles. The van der Waals surface area contributed by atoms with Gasteiger partial charge in [-0.05, 0) is 54.1 Å². The summed E-state index contributed by atoms with van der Waals surface area (Å²) in [6, 6.07) is 14.2. The molecule has 1 aromatic heterocycles. The minimum atomic E-state index is -4.45. The van der Waals surface area contributed by atoms with Crippen LogP contribution in [-0.2, 0) is 11.0 Å². The van der Waals surface area contributed by atoms with Crippen LogP contribution in [-0.4, -0.2) is 16.8 Å². The number of pyridine rings is 1. The molecule has 2 N–H and O–H groups in total. The van der Waals surface area contributed by atoms with Crippen molar-refractivity contribution in [1.29, 1.82) is 0 Å². The van der Waals surface area contributed by atoms with E-state index in [9.17, 15) is 22.8 Å². The van der Waals surface area contributed by atoms with Crippen molar-refractivity contribution < 1.29 is 22.8 Å². The van der Waals surface area contributed by atoms with Crippen molar-refractivity contribution in [2.24, 2.45) is 0 Å². The lowest BCUT2D eigenvalue weighted by Gasteiger charge is -2.08. The standard InChI is InChI=1S/C22H16F3N3O2/c23-22(24,25)17-5-1-3-15(13-17)7-8-20(29)27-19-6-2-4-16(14-19)21(30)28-18-9-11-26-12-10-18/h1-14H,(H,27,29)(H,26,28,30)/b8-7+. The first kappa shape index (κ1) is 20.8. The maximum atomic E-state index is 12.8. The van der Waals surface area contributed by atoms with Crippen molar-refractivity contribution >= 4 is 29.3 Å². The lowest BCUT2D eigenvalue weighted by molar-refractivity contribution is -0.137. The first-order valence-corrected chi connectivity index (χ1v) is 8.79. The average Bonchev–Trinajstić information content (AvgIpc) is 2.73. The lowest BCUT2D eigenvalue weighted by Crippen LogP contribution is -2.13. The first-order valence-electron chi connectivity index (χ1n) is 8.79. The van der Waals surface area contributed by atoms with Gasteiger partial charge in [0, 0.05) is 35.4 Å². The van der Waals surface area contributed by atoms with Crippen LogP contribution in [0, 0.1) is 0 Å². The number of hydrogen-bond donors (Lipinski definition) is 2. The van der Waals surface area contributed by atoms with Crippen molar-refractivity contribution in [1.82, 2.24) is 4.98 Å². The summed E-state index contributed by atoms with van der Waals surface area (Å²) in [5, 5.41) is 5.28. The number of carbonyl (C=O) groups excluding carboxylic acids is 2. The average molecular weight is 411 g/mol. The third kappa shape index (κ3) is 5.78. The van der Waals surface area contributed by atoms with Gasteiger partial charge in [-0.15, -0.1) is 0 Å². The Morgan fingerprint density at radius 3 is 2.33 bits per heavy atom. The molecule has 0 atom stereocenters. The fourth-order valence-electron chi connectivity index (χ4n) is 2.55. The number of nitrogens with one attached hydrogen (secondary N) is 2. The second kappa shape index (κ2) is 9.04. The molecule has 0 saturated carbocycles. The number of nitrogens with zero attached hydrogens (tertiary/aromatic N) is 1. The van der Waals surface area contributed by atoms with Crippen LogP contribution in [0.15, 0.2) is 79.1 Å². The highest BCUT2D eigenvalue weighted by Gasteiger charge is 2.30. The van der Waals surface area contributed by atoms with E-state index in [-0.39, 0.29) is 11.5 Å². The van der Waals surface area contributed by atoms with Crippen LogP contribution in [0.25, 0.3) is 6.08 Å². The Labute approximate surface area is 170 Å². The van der Waals surface area contributed by atoms with Gasteiger partial charge in [-0.2, -0.15) is 13.2 Å². The van der Waals surface area contributed by atoms with Gasteiger partial charge in [-0.3, -0.25) is 14.6 Å². The van der Waals surface area contributed by atoms with Crippen LogP contribution in [0.4, 0.5) is 24.5 Å². The van der Waals surface area contributed by atoms with Gasteiger partial charge in [0.25, 0.3) is 5.91 Å². The quantitative estimate of drug-likeness (QED) is 0.580. The van der Waals surface area contributed by atoms with E-state index in [2.05, 4.69) is 15.6 Å². The molecule has 0 radical (unpaired) electrons. The Morgan fingerprint density at radius 2 is 1.60 bits per heavy atom. The third-order valence-electron chi connectivity index (χ3n) is 3.97. The van der Waals surface area contributed by atoms with Crippen LogP contribution < -0.4 is 10.6 Å². The minimum absolute atomic E-state index is 0.241. The predicted octanol–water partition coefficient (Wildman–Crippen LogP) is 5.00. The summed E-state index contributed by atoms with van der Waals surface area (Å²) in [5.41, 5.74) is 0.722. The summed E-state index contributed by atoms with van der Waals surface area (Å²) in [4.78, 5) is 28.3. The van der Waals surface area contributed by atoms with Gasteiger partial charge < -0.3 is 10.6 Å². The Bertz CT molecular complexity index is 1080. The van der Waals surface area contributed by atoms with E-state index in [1.165, 1.54) is 24.3 Å². The minimum Gasteiger partial charge on any atom is -0.322 e. The number of hydrogen-bond acceptors (Lipinski definition) is 3. The van der Waals surface area contributed by atoms with Crippen LogP contribution in [0.3, 0.4) is 0 Å². The molecule has 1 heterocycles. The largest absolute Gasteiger partial charge is 0.416 e. The van der Waals surface area contributed by atoms with E-state index in [4.69, 9.17) is 0 Å². The van der Waals surface area contributed by atoms with E-state index in [0.29, 0.717) is 16.9 Å². The van der Waals surface area contributed by atoms with Crippen molar-refractivity contribution in [3.8, 4) is 0 Å². The predicted molar refractivity (Wildman–Crippen MR) is 108 cm³/mol. The molecule has 0 bridgehead atoms. The molecular formula is C22H16F3N3O2. The molecule has 2 aromatic carbocycles. The maximum Gasteiger partial charge on any atom is 0.416 e. The second-order valence-electron chi connectivity index (χ2n) is 6.22. The number of carbonyl (C=O) groups is 2. The van der Waals surface area contributed by atoms with E-state index >= 15 is 0 Å². The molecule has 0 spiro atoms. The van der Waals surface area contributed by atoms with Crippen LogP contribution in [0.1, 0.15) is 21.5 Å². The molecule has 0 saturated heterocycles. The van der Waals surface area contributed by atoms with Gasteiger partial charge in [-0.1, -0.05) is 18.2 Å². The fourth-order valence-corrected chi connectivity index (χ4v) is 2.55.